The molecule has 0 spiro atoms. The fourth-order valence-electron chi connectivity index (χ4n) is 1.81. The van der Waals surface area contributed by atoms with Gasteiger partial charge in [-0.05, 0) is 18.4 Å². The SMILES string of the molecule is COc1c(C(=O)O)ccc2cc(C)ccc12. The molecule has 0 aliphatic heterocycles. The third kappa shape index (κ3) is 1.60. The number of aryl methyl sites for hydroxylation is 1. The van der Waals surface area contributed by atoms with Crippen molar-refractivity contribution in [1.82, 2.24) is 0 Å². The van der Waals surface area contributed by atoms with Crippen LogP contribution in [0.25, 0.3) is 10.8 Å². The fraction of sp³-hybridized carbons (Fsp3) is 0.154. The highest BCUT2D eigenvalue weighted by molar-refractivity contribution is 6.00. The average molecular weight is 216 g/mol. The molecule has 0 heterocycles. The average Bonchev–Trinajstić information content (AvgIpc) is 2.26. The predicted molar refractivity (Wildman–Crippen MR) is 62.2 cm³/mol. The molecule has 0 aliphatic rings. The first-order valence-electron chi connectivity index (χ1n) is 4.94. The van der Waals surface area contributed by atoms with Crippen LogP contribution >= 0.6 is 0 Å². The Labute approximate surface area is 93.3 Å². The van der Waals surface area contributed by atoms with E-state index in [0.717, 1.165) is 16.3 Å². The summed E-state index contributed by atoms with van der Waals surface area (Å²) >= 11 is 0. The maximum Gasteiger partial charge on any atom is 0.339 e. The summed E-state index contributed by atoms with van der Waals surface area (Å²) in [5.41, 5.74) is 1.33. The second kappa shape index (κ2) is 3.85. The summed E-state index contributed by atoms with van der Waals surface area (Å²) < 4.78 is 5.18. The highest BCUT2D eigenvalue weighted by Gasteiger charge is 2.13. The Bertz CT molecular complexity index is 558. The zero-order valence-corrected chi connectivity index (χ0v) is 9.15. The van der Waals surface area contributed by atoms with E-state index in [9.17, 15) is 4.79 Å². The molecular weight excluding hydrogens is 204 g/mol. The van der Waals surface area contributed by atoms with E-state index in [4.69, 9.17) is 9.84 Å². The lowest BCUT2D eigenvalue weighted by atomic mass is 10.0. The quantitative estimate of drug-likeness (QED) is 0.839. The van der Waals surface area contributed by atoms with Crippen LogP contribution in [-0.4, -0.2) is 18.2 Å². The van der Waals surface area contributed by atoms with Crippen molar-refractivity contribution in [3.05, 3.63) is 41.5 Å². The molecule has 3 heteroatoms. The van der Waals surface area contributed by atoms with Gasteiger partial charge < -0.3 is 9.84 Å². The van der Waals surface area contributed by atoms with Crippen LogP contribution in [0.2, 0.25) is 0 Å². The highest BCUT2D eigenvalue weighted by Crippen LogP contribution is 2.30. The first kappa shape index (κ1) is 10.5. The minimum absolute atomic E-state index is 0.193. The summed E-state index contributed by atoms with van der Waals surface area (Å²) in [7, 11) is 1.49. The number of hydrogen-bond acceptors (Lipinski definition) is 2. The fourth-order valence-corrected chi connectivity index (χ4v) is 1.81. The molecule has 0 bridgehead atoms. The van der Waals surface area contributed by atoms with Crippen LogP contribution in [-0.2, 0) is 0 Å². The predicted octanol–water partition coefficient (Wildman–Crippen LogP) is 2.86. The molecule has 0 radical (unpaired) electrons. The Morgan fingerprint density at radius 2 is 2.00 bits per heavy atom. The molecule has 0 atom stereocenters. The first-order chi connectivity index (χ1) is 7.63. The lowest BCUT2D eigenvalue weighted by Crippen LogP contribution is -2.00. The number of rotatable bonds is 2. The highest BCUT2D eigenvalue weighted by atomic mass is 16.5. The zero-order valence-electron chi connectivity index (χ0n) is 9.15. The topological polar surface area (TPSA) is 46.5 Å². The maximum absolute atomic E-state index is 11.0. The number of ether oxygens (including phenoxy) is 1. The lowest BCUT2D eigenvalue weighted by molar-refractivity contribution is 0.0693. The molecule has 0 saturated heterocycles. The van der Waals surface area contributed by atoms with Crippen molar-refractivity contribution in [1.29, 1.82) is 0 Å². The molecule has 0 amide bonds. The molecule has 16 heavy (non-hydrogen) atoms. The van der Waals surface area contributed by atoms with Crippen molar-refractivity contribution in [2.45, 2.75) is 6.92 Å². The molecule has 0 saturated carbocycles. The number of fused-ring (bicyclic) bond motifs is 1. The van der Waals surface area contributed by atoms with E-state index in [-0.39, 0.29) is 5.56 Å². The van der Waals surface area contributed by atoms with Crippen molar-refractivity contribution >= 4 is 16.7 Å². The number of hydrogen-bond donors (Lipinski definition) is 1. The van der Waals surface area contributed by atoms with Gasteiger partial charge in [0.2, 0.25) is 0 Å². The van der Waals surface area contributed by atoms with E-state index < -0.39 is 5.97 Å². The van der Waals surface area contributed by atoms with E-state index in [2.05, 4.69) is 0 Å². The molecule has 1 N–H and O–H groups in total. The molecule has 2 aromatic carbocycles. The van der Waals surface area contributed by atoms with Gasteiger partial charge in [-0.1, -0.05) is 29.8 Å². The van der Waals surface area contributed by atoms with Crippen LogP contribution in [0, 0.1) is 6.92 Å². The van der Waals surface area contributed by atoms with Crippen molar-refractivity contribution < 1.29 is 14.6 Å². The van der Waals surface area contributed by atoms with E-state index >= 15 is 0 Å². The van der Waals surface area contributed by atoms with Crippen LogP contribution in [0.5, 0.6) is 5.75 Å². The van der Waals surface area contributed by atoms with Gasteiger partial charge in [0, 0.05) is 5.39 Å². The normalized spacial score (nSPS) is 10.4. The molecule has 2 aromatic rings. The van der Waals surface area contributed by atoms with Gasteiger partial charge in [-0.25, -0.2) is 4.79 Å². The minimum Gasteiger partial charge on any atom is -0.495 e. The van der Waals surface area contributed by atoms with Crippen molar-refractivity contribution in [2.24, 2.45) is 0 Å². The summed E-state index contributed by atoms with van der Waals surface area (Å²) in [5.74, 6) is -0.552. The minimum atomic E-state index is -0.973. The third-order valence-electron chi connectivity index (χ3n) is 2.56. The largest absolute Gasteiger partial charge is 0.495 e. The summed E-state index contributed by atoms with van der Waals surface area (Å²) in [5, 5.41) is 10.8. The zero-order chi connectivity index (χ0) is 11.7. The molecule has 0 unspecified atom stereocenters. The lowest BCUT2D eigenvalue weighted by Gasteiger charge is -2.09. The van der Waals surface area contributed by atoms with Gasteiger partial charge >= 0.3 is 5.97 Å². The number of benzene rings is 2. The van der Waals surface area contributed by atoms with Crippen molar-refractivity contribution in [2.75, 3.05) is 7.11 Å². The second-order valence-electron chi connectivity index (χ2n) is 3.68. The summed E-state index contributed by atoms with van der Waals surface area (Å²) in [6.07, 6.45) is 0. The van der Waals surface area contributed by atoms with Crippen LogP contribution in [0.15, 0.2) is 30.3 Å². The number of methoxy groups -OCH3 is 1. The monoisotopic (exact) mass is 216 g/mol. The van der Waals surface area contributed by atoms with E-state index in [1.165, 1.54) is 7.11 Å². The summed E-state index contributed by atoms with van der Waals surface area (Å²) in [4.78, 5) is 11.0. The van der Waals surface area contributed by atoms with Crippen molar-refractivity contribution in [3.63, 3.8) is 0 Å². The van der Waals surface area contributed by atoms with Gasteiger partial charge in [0.05, 0.1) is 7.11 Å². The van der Waals surface area contributed by atoms with Gasteiger partial charge in [-0.15, -0.1) is 0 Å². The van der Waals surface area contributed by atoms with E-state index in [1.54, 1.807) is 12.1 Å². The molecular formula is C13H12O3. The van der Waals surface area contributed by atoms with E-state index in [0.29, 0.717) is 5.75 Å². The maximum atomic E-state index is 11.0. The number of carboxylic acid groups (broad SMARTS) is 1. The van der Waals surface area contributed by atoms with Gasteiger partial charge in [-0.2, -0.15) is 0 Å². The standard InChI is InChI=1S/C13H12O3/c1-8-3-5-10-9(7-8)4-6-11(13(14)15)12(10)16-2/h3-7H,1-2H3,(H,14,15). The van der Waals surface area contributed by atoms with Crippen LogP contribution < -0.4 is 4.74 Å². The Morgan fingerprint density at radius 3 is 2.62 bits per heavy atom. The molecule has 0 aliphatic carbocycles. The van der Waals surface area contributed by atoms with Crippen LogP contribution in [0.3, 0.4) is 0 Å². The molecule has 82 valence electrons. The number of carboxylic acids is 1. The molecule has 2 rings (SSSR count). The van der Waals surface area contributed by atoms with Crippen LogP contribution in [0.1, 0.15) is 15.9 Å². The van der Waals surface area contributed by atoms with Crippen molar-refractivity contribution in [3.8, 4) is 5.75 Å². The molecule has 0 fully saturated rings. The Hall–Kier alpha value is -2.03. The van der Waals surface area contributed by atoms with Gasteiger partial charge in [0.1, 0.15) is 11.3 Å². The molecule has 3 nitrogen and oxygen atoms in total. The van der Waals surface area contributed by atoms with E-state index in [1.807, 2.05) is 25.1 Å². The second-order valence-corrected chi connectivity index (χ2v) is 3.68. The van der Waals surface area contributed by atoms with Crippen LogP contribution in [0.4, 0.5) is 0 Å². The van der Waals surface area contributed by atoms with Gasteiger partial charge in [-0.3, -0.25) is 0 Å². The molecule has 0 aromatic heterocycles. The Balaban J connectivity index is 2.80. The summed E-state index contributed by atoms with van der Waals surface area (Å²) in [6.45, 7) is 2.00. The Morgan fingerprint density at radius 1 is 1.25 bits per heavy atom. The van der Waals surface area contributed by atoms with Gasteiger partial charge in [0.15, 0.2) is 0 Å². The first-order valence-corrected chi connectivity index (χ1v) is 4.94. The van der Waals surface area contributed by atoms with Gasteiger partial charge in [0.25, 0.3) is 0 Å². The number of aromatic carboxylic acids is 1. The number of carbonyl (C=O) groups is 1. The summed E-state index contributed by atoms with van der Waals surface area (Å²) in [6, 6.07) is 9.20. The third-order valence-corrected chi connectivity index (χ3v) is 2.56. The Kier molecular flexibility index (Phi) is 2.52. The smallest absolute Gasteiger partial charge is 0.339 e.